The number of hydrogen-bond donors (Lipinski definition) is 0. The smallest absolute Gasteiger partial charge is 0.238 e. The number of anilines is 1. The molecule has 5 rings (SSSR count). The maximum absolute atomic E-state index is 14.9. The van der Waals surface area contributed by atoms with E-state index in [1.807, 2.05) is 42.7 Å². The van der Waals surface area contributed by atoms with Crippen molar-refractivity contribution >= 4 is 29.1 Å². The van der Waals surface area contributed by atoms with Crippen molar-refractivity contribution in [2.45, 2.75) is 77.3 Å². The molecule has 39 heavy (non-hydrogen) atoms. The van der Waals surface area contributed by atoms with Crippen LogP contribution >= 0.6 is 11.6 Å². The maximum Gasteiger partial charge on any atom is 0.238 e. The number of halogens is 3. The van der Waals surface area contributed by atoms with Gasteiger partial charge in [-0.3, -0.25) is 14.5 Å². The molecule has 5 nitrogen and oxygen atoms in total. The summed E-state index contributed by atoms with van der Waals surface area (Å²) in [7, 11) is 0. The molecule has 0 aliphatic carbocycles. The number of fused-ring (bicyclic) bond motifs is 2. The van der Waals surface area contributed by atoms with Gasteiger partial charge in [0.05, 0.1) is 11.3 Å². The van der Waals surface area contributed by atoms with E-state index in [1.54, 1.807) is 0 Å². The molecule has 3 heterocycles. The molecule has 2 aromatic rings. The second-order valence-electron chi connectivity index (χ2n) is 12.7. The van der Waals surface area contributed by atoms with Gasteiger partial charge in [-0.15, -0.1) is 0 Å². The van der Waals surface area contributed by atoms with Crippen molar-refractivity contribution in [1.29, 1.82) is 0 Å². The van der Waals surface area contributed by atoms with Crippen LogP contribution in [0.3, 0.4) is 0 Å². The third-order valence-corrected chi connectivity index (χ3v) is 9.48. The number of hydrogen-bond acceptors (Lipinski definition) is 3. The van der Waals surface area contributed by atoms with E-state index in [1.165, 1.54) is 12.1 Å². The molecule has 0 bridgehead atoms. The molecule has 2 saturated heterocycles. The highest BCUT2D eigenvalue weighted by Gasteiger charge is 2.54. The van der Waals surface area contributed by atoms with Crippen LogP contribution in [-0.2, 0) is 15.0 Å². The Bertz CT molecular complexity index is 1310. The number of amides is 2. The molecular formula is C31H38ClF2N3O2. The van der Waals surface area contributed by atoms with Crippen molar-refractivity contribution in [3.05, 3.63) is 63.7 Å². The summed E-state index contributed by atoms with van der Waals surface area (Å²) in [4.78, 5) is 33.8. The predicted octanol–water partition coefficient (Wildman–Crippen LogP) is 6.06. The first-order valence-electron chi connectivity index (χ1n) is 13.9. The molecule has 0 radical (unpaired) electrons. The van der Waals surface area contributed by atoms with Crippen molar-refractivity contribution in [3.8, 4) is 0 Å². The quantitative estimate of drug-likeness (QED) is 0.461. The van der Waals surface area contributed by atoms with Gasteiger partial charge in [0.1, 0.15) is 11.6 Å². The molecule has 3 aliphatic rings. The van der Waals surface area contributed by atoms with Crippen LogP contribution in [-0.4, -0.2) is 59.4 Å². The van der Waals surface area contributed by atoms with Gasteiger partial charge in [0.25, 0.3) is 0 Å². The summed E-state index contributed by atoms with van der Waals surface area (Å²) in [6.45, 7) is 14.1. The zero-order chi connectivity index (χ0) is 28.4. The van der Waals surface area contributed by atoms with E-state index < -0.39 is 23.0 Å². The Balaban J connectivity index is 1.42. The molecular weight excluding hydrogens is 520 g/mol. The van der Waals surface area contributed by atoms with Crippen molar-refractivity contribution < 1.29 is 18.4 Å². The van der Waals surface area contributed by atoms with Crippen molar-refractivity contribution in [2.75, 3.05) is 31.1 Å². The molecule has 2 fully saturated rings. The van der Waals surface area contributed by atoms with E-state index in [-0.39, 0.29) is 29.3 Å². The average Bonchev–Trinajstić information content (AvgIpc) is 3.39. The lowest BCUT2D eigenvalue weighted by Crippen LogP contribution is -2.52. The van der Waals surface area contributed by atoms with Crippen LogP contribution in [0.5, 0.6) is 0 Å². The number of piperidine rings is 1. The largest absolute Gasteiger partial charge is 0.342 e. The fraction of sp³-hybridized carbons (Fsp3) is 0.548. The number of benzene rings is 2. The predicted molar refractivity (Wildman–Crippen MR) is 150 cm³/mol. The summed E-state index contributed by atoms with van der Waals surface area (Å²) in [5, 5.41) is 0.641. The maximum atomic E-state index is 14.9. The van der Waals surface area contributed by atoms with E-state index in [4.69, 9.17) is 11.6 Å². The van der Waals surface area contributed by atoms with Crippen molar-refractivity contribution in [1.82, 2.24) is 9.80 Å². The number of carbonyl (C=O) groups is 2. The van der Waals surface area contributed by atoms with Crippen molar-refractivity contribution in [3.63, 3.8) is 0 Å². The minimum Gasteiger partial charge on any atom is -0.342 e. The topological polar surface area (TPSA) is 43.9 Å². The highest BCUT2D eigenvalue weighted by Crippen LogP contribution is 2.50. The van der Waals surface area contributed by atoms with E-state index in [0.717, 1.165) is 22.9 Å². The molecule has 0 unspecified atom stereocenters. The van der Waals surface area contributed by atoms with Gasteiger partial charge in [0.15, 0.2) is 0 Å². The molecule has 2 atom stereocenters. The Morgan fingerprint density at radius 3 is 2.33 bits per heavy atom. The Hall–Kier alpha value is -2.51. The molecule has 2 amide bonds. The Morgan fingerprint density at radius 1 is 1.08 bits per heavy atom. The summed E-state index contributed by atoms with van der Waals surface area (Å²) in [5.41, 5.74) is 2.28. The minimum absolute atomic E-state index is 0.00379. The molecule has 3 aliphatic heterocycles. The summed E-state index contributed by atoms with van der Waals surface area (Å²) >= 11 is 6.53. The lowest BCUT2D eigenvalue weighted by molar-refractivity contribution is -0.139. The molecule has 8 heteroatoms. The summed E-state index contributed by atoms with van der Waals surface area (Å²) in [6, 6.07) is 7.59. The van der Waals surface area contributed by atoms with E-state index >= 15 is 0 Å². The number of rotatable bonds is 3. The van der Waals surface area contributed by atoms with Crippen LogP contribution in [0, 0.1) is 24.5 Å². The fourth-order valence-electron chi connectivity index (χ4n) is 6.76. The zero-order valence-electron chi connectivity index (χ0n) is 23.7. The average molecular weight is 558 g/mol. The highest BCUT2D eigenvalue weighted by atomic mass is 35.5. The molecule has 0 aromatic heterocycles. The molecule has 0 N–H and O–H groups in total. The van der Waals surface area contributed by atoms with Gasteiger partial charge < -0.3 is 9.80 Å². The first-order valence-corrected chi connectivity index (χ1v) is 14.3. The van der Waals surface area contributed by atoms with Gasteiger partial charge >= 0.3 is 0 Å². The molecule has 2 aromatic carbocycles. The van der Waals surface area contributed by atoms with Gasteiger partial charge in [-0.1, -0.05) is 17.7 Å². The first-order chi connectivity index (χ1) is 18.2. The lowest BCUT2D eigenvalue weighted by atomic mass is 9.73. The van der Waals surface area contributed by atoms with E-state index in [2.05, 4.69) is 25.7 Å². The summed E-state index contributed by atoms with van der Waals surface area (Å²) in [6.07, 6.45) is 1.02. The van der Waals surface area contributed by atoms with Crippen LogP contribution < -0.4 is 4.90 Å². The number of nitrogens with zero attached hydrogens (tertiary/aromatic N) is 3. The summed E-state index contributed by atoms with van der Waals surface area (Å²) in [5.74, 6) is -2.01. The van der Waals surface area contributed by atoms with Crippen LogP contribution in [0.25, 0.3) is 0 Å². The standard InChI is InChI=1S/C31H38ClF2N3O2/c1-18(2)37-27-13-19(3)25(32)15-24(27)31(29(37)39)9-11-35(12-10-31)28(38)23-17-36(30(4,5)6)16-22(23)21-8-7-20(33)14-26(21)34/h7-8,13-15,18,22-23H,9-12,16-17H2,1-6H3/t22-,23+/m0/s1. The van der Waals surface area contributed by atoms with Crippen LogP contribution in [0.4, 0.5) is 14.5 Å². The molecule has 210 valence electrons. The monoisotopic (exact) mass is 557 g/mol. The van der Waals surface area contributed by atoms with Gasteiger partial charge in [-0.05, 0) is 89.3 Å². The highest BCUT2D eigenvalue weighted by molar-refractivity contribution is 6.31. The van der Waals surface area contributed by atoms with Gasteiger partial charge in [-0.25, -0.2) is 8.78 Å². The Kier molecular flexibility index (Phi) is 7.08. The third-order valence-electron chi connectivity index (χ3n) is 9.07. The Morgan fingerprint density at radius 2 is 1.74 bits per heavy atom. The second-order valence-corrected chi connectivity index (χ2v) is 13.2. The normalized spacial score (nSPS) is 23.3. The van der Waals surface area contributed by atoms with Crippen LogP contribution in [0.15, 0.2) is 30.3 Å². The van der Waals surface area contributed by atoms with Gasteiger partial charge in [-0.2, -0.15) is 0 Å². The fourth-order valence-corrected chi connectivity index (χ4v) is 6.93. The van der Waals surface area contributed by atoms with Gasteiger partial charge in [0, 0.05) is 60.5 Å². The SMILES string of the molecule is Cc1cc2c(cc1Cl)C1(CCN(C(=O)[C@@H]3CN(C(C)(C)C)C[C@H]3c3ccc(F)cc3F)CC1)C(=O)N2C(C)C. The molecule has 0 saturated carbocycles. The van der Waals surface area contributed by atoms with Gasteiger partial charge in [0.2, 0.25) is 11.8 Å². The minimum atomic E-state index is -0.705. The number of aryl methyl sites for hydroxylation is 1. The van der Waals surface area contributed by atoms with Crippen molar-refractivity contribution in [2.24, 2.45) is 5.92 Å². The first kappa shape index (κ1) is 28.0. The lowest BCUT2D eigenvalue weighted by Gasteiger charge is -2.40. The number of likely N-dealkylation sites (tertiary alicyclic amines) is 2. The van der Waals surface area contributed by atoms with Crippen LogP contribution in [0.1, 0.15) is 70.1 Å². The molecule has 1 spiro atoms. The van der Waals surface area contributed by atoms with E-state index in [9.17, 15) is 18.4 Å². The number of carbonyl (C=O) groups excluding carboxylic acids is 2. The second kappa shape index (κ2) is 9.84. The summed E-state index contributed by atoms with van der Waals surface area (Å²) < 4.78 is 28.6. The van der Waals surface area contributed by atoms with E-state index in [0.29, 0.717) is 49.6 Å². The Labute approximate surface area is 235 Å². The third kappa shape index (κ3) is 4.65. The zero-order valence-corrected chi connectivity index (χ0v) is 24.4. The van der Waals surface area contributed by atoms with Crippen LogP contribution in [0.2, 0.25) is 5.02 Å².